The Balaban J connectivity index is 1.87. The van der Waals surface area contributed by atoms with Crippen molar-refractivity contribution >= 4 is 5.78 Å². The first-order chi connectivity index (χ1) is 10.4. The number of carbonyl (C=O) groups excluding carboxylic acids is 1. The van der Waals surface area contributed by atoms with E-state index < -0.39 is 6.10 Å². The normalized spacial score (nSPS) is 34.7. The summed E-state index contributed by atoms with van der Waals surface area (Å²) in [5.41, 5.74) is 0.709. The lowest BCUT2D eigenvalue weighted by Crippen LogP contribution is -2.17. The molecule has 122 valence electrons. The van der Waals surface area contributed by atoms with E-state index in [1.807, 2.05) is 25.2 Å². The smallest absolute Gasteiger partial charge is 0.161 e. The number of hydrogen-bond acceptors (Lipinski definition) is 3. The molecule has 0 aromatic carbocycles. The number of Topliss-reactive ketones (excluding diaryl/α,β-unsaturated/α-hetero) is 1. The highest BCUT2D eigenvalue weighted by molar-refractivity contribution is 5.99. The predicted octanol–water partition coefficient (Wildman–Crippen LogP) is 3.04. The van der Waals surface area contributed by atoms with Crippen molar-refractivity contribution in [1.82, 2.24) is 0 Å². The summed E-state index contributed by atoms with van der Waals surface area (Å²) in [6.45, 7) is 7.91. The van der Waals surface area contributed by atoms with Gasteiger partial charge in [0, 0.05) is 11.8 Å². The van der Waals surface area contributed by atoms with Gasteiger partial charge in [-0.15, -0.1) is 0 Å². The molecule has 0 saturated heterocycles. The van der Waals surface area contributed by atoms with Gasteiger partial charge >= 0.3 is 0 Å². The first kappa shape index (κ1) is 17.2. The maximum Gasteiger partial charge on any atom is 0.161 e. The largest absolute Gasteiger partial charge is 0.393 e. The average Bonchev–Trinajstić information content (AvgIpc) is 2.88. The van der Waals surface area contributed by atoms with Crippen molar-refractivity contribution in [2.24, 2.45) is 23.7 Å². The lowest BCUT2D eigenvalue weighted by atomic mass is 9.90. The van der Waals surface area contributed by atoms with E-state index in [2.05, 4.69) is 19.6 Å². The fourth-order valence-electron chi connectivity index (χ4n) is 3.97. The quantitative estimate of drug-likeness (QED) is 0.586. The fourth-order valence-corrected chi connectivity index (χ4v) is 3.97. The van der Waals surface area contributed by atoms with Crippen molar-refractivity contribution in [3.05, 3.63) is 36.5 Å². The van der Waals surface area contributed by atoms with Crippen LogP contribution < -0.4 is 0 Å². The highest BCUT2D eigenvalue weighted by atomic mass is 16.3. The molecule has 3 nitrogen and oxygen atoms in total. The van der Waals surface area contributed by atoms with Crippen molar-refractivity contribution in [3.63, 3.8) is 0 Å². The number of aliphatic hydroxyl groups excluding tert-OH is 2. The van der Waals surface area contributed by atoms with Crippen LogP contribution >= 0.6 is 0 Å². The van der Waals surface area contributed by atoms with Crippen LogP contribution in [0.2, 0.25) is 0 Å². The Morgan fingerprint density at radius 1 is 1.45 bits per heavy atom. The molecule has 0 radical (unpaired) electrons. The van der Waals surface area contributed by atoms with Gasteiger partial charge in [0.1, 0.15) is 0 Å². The molecule has 2 saturated carbocycles. The Morgan fingerprint density at radius 3 is 2.86 bits per heavy atom. The van der Waals surface area contributed by atoms with E-state index in [-0.39, 0.29) is 29.6 Å². The van der Waals surface area contributed by atoms with Crippen LogP contribution in [0, 0.1) is 23.7 Å². The van der Waals surface area contributed by atoms with E-state index in [9.17, 15) is 15.0 Å². The maximum atomic E-state index is 12.0. The minimum Gasteiger partial charge on any atom is -0.393 e. The zero-order valence-corrected chi connectivity index (χ0v) is 13.6. The first-order valence-electron chi connectivity index (χ1n) is 8.31. The van der Waals surface area contributed by atoms with Crippen LogP contribution in [0.3, 0.4) is 0 Å². The zero-order valence-electron chi connectivity index (χ0n) is 13.6. The second-order valence-electron chi connectivity index (χ2n) is 6.88. The SMILES string of the molecule is C=C1C[C@H]2[C@H](/C=C/CC(O)CC(C)C=CC)[C@H](O)C[C@@H]2C1=O. The van der Waals surface area contributed by atoms with E-state index in [0.717, 1.165) is 6.42 Å². The predicted molar refractivity (Wildman–Crippen MR) is 88.2 cm³/mol. The van der Waals surface area contributed by atoms with E-state index in [0.29, 0.717) is 30.8 Å². The van der Waals surface area contributed by atoms with Crippen LogP contribution in [-0.2, 0) is 4.79 Å². The van der Waals surface area contributed by atoms with Gasteiger partial charge in [-0.3, -0.25) is 4.79 Å². The molecule has 0 spiro atoms. The molecule has 2 fully saturated rings. The summed E-state index contributed by atoms with van der Waals surface area (Å²) in [4.78, 5) is 12.0. The molecule has 3 heteroatoms. The van der Waals surface area contributed by atoms with E-state index >= 15 is 0 Å². The highest BCUT2D eigenvalue weighted by Gasteiger charge is 2.49. The summed E-state index contributed by atoms with van der Waals surface area (Å²) in [6, 6.07) is 0. The molecule has 0 heterocycles. The van der Waals surface area contributed by atoms with Crippen molar-refractivity contribution in [1.29, 1.82) is 0 Å². The van der Waals surface area contributed by atoms with Crippen LogP contribution in [0.5, 0.6) is 0 Å². The third kappa shape index (κ3) is 3.76. The van der Waals surface area contributed by atoms with E-state index in [4.69, 9.17) is 0 Å². The standard InChI is InChI=1S/C19H28O3/c1-4-6-12(2)9-14(20)7-5-8-15-16-10-13(3)19(22)17(16)11-18(15)21/h4-6,8,12,14-18,20-21H,3,7,9-11H2,1-2H3/b6-4?,8-5+/t12?,14?,15-,16-,17-,18+/m0/s1. The highest BCUT2D eigenvalue weighted by Crippen LogP contribution is 2.48. The first-order valence-corrected chi connectivity index (χ1v) is 8.31. The number of allylic oxidation sites excluding steroid dienone is 3. The van der Waals surface area contributed by atoms with Gasteiger partial charge in [0.25, 0.3) is 0 Å². The van der Waals surface area contributed by atoms with E-state index in [1.54, 1.807) is 0 Å². The summed E-state index contributed by atoms with van der Waals surface area (Å²) >= 11 is 0. The van der Waals surface area contributed by atoms with Crippen LogP contribution in [0.4, 0.5) is 0 Å². The maximum absolute atomic E-state index is 12.0. The molecule has 6 atom stereocenters. The van der Waals surface area contributed by atoms with Gasteiger partial charge in [0.2, 0.25) is 0 Å². The Hall–Kier alpha value is -1.19. The minimum absolute atomic E-state index is 0.0216. The van der Waals surface area contributed by atoms with Gasteiger partial charge in [-0.05, 0) is 50.0 Å². The van der Waals surface area contributed by atoms with Crippen LogP contribution in [0.15, 0.2) is 36.5 Å². The fraction of sp³-hybridized carbons (Fsp3) is 0.632. The van der Waals surface area contributed by atoms with Gasteiger partial charge in [-0.2, -0.15) is 0 Å². The molecule has 2 aliphatic rings. The average molecular weight is 304 g/mol. The minimum atomic E-state index is -0.442. The second kappa shape index (κ2) is 7.38. The molecule has 0 amide bonds. The van der Waals surface area contributed by atoms with Gasteiger partial charge in [-0.25, -0.2) is 0 Å². The molecule has 2 aliphatic carbocycles. The van der Waals surface area contributed by atoms with Crippen molar-refractivity contribution < 1.29 is 15.0 Å². The molecule has 0 aromatic rings. The topological polar surface area (TPSA) is 57.5 Å². The number of rotatable bonds is 6. The third-order valence-electron chi connectivity index (χ3n) is 5.05. The Labute approximate surface area is 133 Å². The molecule has 22 heavy (non-hydrogen) atoms. The Kier molecular flexibility index (Phi) is 5.76. The number of aliphatic hydroxyl groups is 2. The summed E-state index contributed by atoms with van der Waals surface area (Å²) in [5, 5.41) is 20.2. The molecule has 2 unspecified atom stereocenters. The molecular weight excluding hydrogens is 276 g/mol. The van der Waals surface area contributed by atoms with Crippen LogP contribution in [0.1, 0.15) is 39.5 Å². The van der Waals surface area contributed by atoms with Crippen molar-refractivity contribution in [3.8, 4) is 0 Å². The number of hydrogen-bond donors (Lipinski definition) is 2. The van der Waals surface area contributed by atoms with Crippen molar-refractivity contribution in [2.75, 3.05) is 0 Å². The van der Waals surface area contributed by atoms with Gasteiger partial charge < -0.3 is 10.2 Å². The monoisotopic (exact) mass is 304 g/mol. The summed E-state index contributed by atoms with van der Waals surface area (Å²) in [5.74, 6) is 0.682. The number of fused-ring (bicyclic) bond motifs is 1. The number of carbonyl (C=O) groups is 1. The molecule has 0 aromatic heterocycles. The Morgan fingerprint density at radius 2 is 2.18 bits per heavy atom. The van der Waals surface area contributed by atoms with Gasteiger partial charge in [0.15, 0.2) is 5.78 Å². The summed E-state index contributed by atoms with van der Waals surface area (Å²) in [7, 11) is 0. The lowest BCUT2D eigenvalue weighted by molar-refractivity contribution is -0.118. The zero-order chi connectivity index (χ0) is 16.3. The molecule has 2 rings (SSSR count). The van der Waals surface area contributed by atoms with E-state index in [1.165, 1.54) is 0 Å². The Bertz CT molecular complexity index is 477. The van der Waals surface area contributed by atoms with Gasteiger partial charge in [0.05, 0.1) is 12.2 Å². The molecule has 0 bridgehead atoms. The van der Waals surface area contributed by atoms with Crippen LogP contribution in [0.25, 0.3) is 0 Å². The number of ketones is 1. The molecule has 2 N–H and O–H groups in total. The molecule has 0 aliphatic heterocycles. The lowest BCUT2D eigenvalue weighted by Gasteiger charge is -2.17. The summed E-state index contributed by atoms with van der Waals surface area (Å²) in [6.07, 6.45) is 9.86. The van der Waals surface area contributed by atoms with Crippen molar-refractivity contribution in [2.45, 2.75) is 51.7 Å². The van der Waals surface area contributed by atoms with Crippen LogP contribution in [-0.4, -0.2) is 28.2 Å². The summed E-state index contributed by atoms with van der Waals surface area (Å²) < 4.78 is 0. The second-order valence-corrected chi connectivity index (χ2v) is 6.88. The van der Waals surface area contributed by atoms with Gasteiger partial charge in [-0.1, -0.05) is 37.8 Å². The molecular formula is C19H28O3. The third-order valence-corrected chi connectivity index (χ3v) is 5.05.